The molecule has 0 spiro atoms. The van der Waals surface area contributed by atoms with Crippen LogP contribution in [0.1, 0.15) is 12.8 Å². The second kappa shape index (κ2) is 6.38. The van der Waals surface area contributed by atoms with Gasteiger partial charge >= 0.3 is 0 Å². The largest absolute Gasteiger partial charge is 0.394 e. The van der Waals surface area contributed by atoms with Crippen LogP contribution in [0, 0.1) is 0 Å². The first kappa shape index (κ1) is 14.3. The molecule has 1 aliphatic heterocycles. The summed E-state index contributed by atoms with van der Waals surface area (Å²) >= 11 is 1.44. The molecule has 0 atom stereocenters. The zero-order valence-electron chi connectivity index (χ0n) is 10.8. The fourth-order valence-electron chi connectivity index (χ4n) is 2.01. The highest BCUT2D eigenvalue weighted by Gasteiger charge is 2.32. The molecule has 0 bridgehead atoms. The molecule has 0 amide bonds. The Labute approximate surface area is 116 Å². The fourth-order valence-corrected chi connectivity index (χ4v) is 2.39. The van der Waals surface area contributed by atoms with Gasteiger partial charge in [0.05, 0.1) is 12.1 Å². The number of ether oxygens (including phenoxy) is 1. The molecule has 7 nitrogen and oxygen atoms in total. The van der Waals surface area contributed by atoms with Crippen molar-refractivity contribution in [3.63, 3.8) is 0 Å². The summed E-state index contributed by atoms with van der Waals surface area (Å²) in [4.78, 5) is 8.58. The third-order valence-corrected chi connectivity index (χ3v) is 3.73. The molecule has 1 saturated heterocycles. The van der Waals surface area contributed by atoms with Gasteiger partial charge in [0, 0.05) is 19.3 Å². The van der Waals surface area contributed by atoms with Crippen LogP contribution in [0.25, 0.3) is 0 Å². The maximum Gasteiger partial charge on any atom is 0.191 e. The summed E-state index contributed by atoms with van der Waals surface area (Å²) < 4.78 is 5.33. The molecule has 0 radical (unpaired) electrons. The highest BCUT2D eigenvalue weighted by atomic mass is 32.2. The Balaban J connectivity index is 2.20. The van der Waals surface area contributed by atoms with Crippen LogP contribution < -0.4 is 16.6 Å². The quantitative estimate of drug-likeness (QED) is 0.267. The summed E-state index contributed by atoms with van der Waals surface area (Å²) in [6, 6.07) is 1.73. The molecule has 0 unspecified atom stereocenters. The van der Waals surface area contributed by atoms with Gasteiger partial charge in [0.2, 0.25) is 0 Å². The Hall–Kier alpha value is -1.09. The van der Waals surface area contributed by atoms with E-state index >= 15 is 0 Å². The maximum atomic E-state index is 9.65. The molecular formula is C11H19N5O2S. The van der Waals surface area contributed by atoms with E-state index in [-0.39, 0.29) is 12.1 Å². The number of rotatable bonds is 5. The molecule has 0 aliphatic carbocycles. The number of aliphatic hydroxyl groups is 1. The molecule has 1 aromatic rings. The van der Waals surface area contributed by atoms with Crippen LogP contribution in [0.5, 0.6) is 0 Å². The van der Waals surface area contributed by atoms with Crippen molar-refractivity contribution < 1.29 is 9.84 Å². The molecule has 0 aromatic carbocycles. The van der Waals surface area contributed by atoms with Gasteiger partial charge in [-0.25, -0.2) is 15.8 Å². The van der Waals surface area contributed by atoms with Crippen molar-refractivity contribution in [3.8, 4) is 0 Å². The van der Waals surface area contributed by atoms with E-state index in [0.717, 1.165) is 12.8 Å². The molecule has 1 aromatic heterocycles. The number of hydrogen-bond acceptors (Lipinski definition) is 8. The van der Waals surface area contributed by atoms with Crippen molar-refractivity contribution in [1.82, 2.24) is 9.97 Å². The van der Waals surface area contributed by atoms with Crippen molar-refractivity contribution in [1.29, 1.82) is 0 Å². The number of hydrazine groups is 1. The SMILES string of the molecule is CSc1nc(NN)cc(NC2(CO)CCOCC2)n1. The van der Waals surface area contributed by atoms with Gasteiger partial charge in [0.15, 0.2) is 5.16 Å². The van der Waals surface area contributed by atoms with Gasteiger partial charge in [-0.2, -0.15) is 0 Å². The Morgan fingerprint density at radius 1 is 1.42 bits per heavy atom. The third-order valence-electron chi connectivity index (χ3n) is 3.18. The van der Waals surface area contributed by atoms with Gasteiger partial charge in [-0.3, -0.25) is 0 Å². The molecule has 8 heteroatoms. The number of nitrogens with one attached hydrogen (secondary N) is 2. The Morgan fingerprint density at radius 3 is 2.68 bits per heavy atom. The third kappa shape index (κ3) is 3.47. The molecule has 5 N–H and O–H groups in total. The number of nitrogens with two attached hydrogens (primary N) is 1. The van der Waals surface area contributed by atoms with E-state index in [0.29, 0.717) is 30.0 Å². The molecule has 19 heavy (non-hydrogen) atoms. The highest BCUT2D eigenvalue weighted by Crippen LogP contribution is 2.26. The van der Waals surface area contributed by atoms with Crippen molar-refractivity contribution in [2.45, 2.75) is 23.5 Å². The summed E-state index contributed by atoms with van der Waals surface area (Å²) in [7, 11) is 0. The van der Waals surface area contributed by atoms with Gasteiger partial charge < -0.3 is 20.6 Å². The molecule has 1 aliphatic rings. The van der Waals surface area contributed by atoms with E-state index in [4.69, 9.17) is 10.6 Å². The van der Waals surface area contributed by atoms with Crippen LogP contribution >= 0.6 is 11.8 Å². The van der Waals surface area contributed by atoms with E-state index in [1.165, 1.54) is 11.8 Å². The zero-order chi connectivity index (χ0) is 13.7. The number of aliphatic hydroxyl groups excluding tert-OH is 1. The smallest absolute Gasteiger partial charge is 0.191 e. The summed E-state index contributed by atoms with van der Waals surface area (Å²) in [6.07, 6.45) is 3.39. The van der Waals surface area contributed by atoms with Gasteiger partial charge in [-0.1, -0.05) is 11.8 Å². The second-order valence-electron chi connectivity index (χ2n) is 4.45. The van der Waals surface area contributed by atoms with Crippen molar-refractivity contribution in [3.05, 3.63) is 6.07 Å². The predicted molar refractivity (Wildman–Crippen MR) is 75.1 cm³/mol. The number of anilines is 2. The molecule has 0 saturated carbocycles. The molecular weight excluding hydrogens is 266 g/mol. The van der Waals surface area contributed by atoms with Gasteiger partial charge in [0.1, 0.15) is 11.6 Å². The maximum absolute atomic E-state index is 9.65. The molecule has 106 valence electrons. The lowest BCUT2D eigenvalue weighted by molar-refractivity contribution is 0.0378. The average Bonchev–Trinajstić information content (AvgIpc) is 2.47. The van der Waals surface area contributed by atoms with Crippen LogP contribution in [-0.2, 0) is 4.74 Å². The molecule has 1 fully saturated rings. The van der Waals surface area contributed by atoms with Gasteiger partial charge in [0.25, 0.3) is 0 Å². The van der Waals surface area contributed by atoms with Gasteiger partial charge in [-0.05, 0) is 19.1 Å². The first-order valence-electron chi connectivity index (χ1n) is 6.08. The number of hydrogen-bond donors (Lipinski definition) is 4. The summed E-state index contributed by atoms with van der Waals surface area (Å²) in [5.41, 5.74) is 2.14. The van der Waals surface area contributed by atoms with Crippen LogP contribution in [0.3, 0.4) is 0 Å². The topological polar surface area (TPSA) is 105 Å². The number of nitrogens with zero attached hydrogens (tertiary/aromatic N) is 2. The first-order valence-corrected chi connectivity index (χ1v) is 7.30. The number of thioether (sulfide) groups is 1. The Morgan fingerprint density at radius 2 is 2.11 bits per heavy atom. The van der Waals surface area contributed by atoms with E-state index < -0.39 is 0 Å². The van der Waals surface area contributed by atoms with E-state index in [2.05, 4.69) is 20.7 Å². The Bertz CT molecular complexity index is 403. The molecule has 2 rings (SSSR count). The number of nitrogen functional groups attached to an aromatic ring is 1. The minimum Gasteiger partial charge on any atom is -0.394 e. The summed E-state index contributed by atoms with van der Waals surface area (Å²) in [6.45, 7) is 1.31. The lowest BCUT2D eigenvalue weighted by Gasteiger charge is -2.36. The van der Waals surface area contributed by atoms with Crippen LogP contribution in [-0.4, -0.2) is 46.7 Å². The van der Waals surface area contributed by atoms with E-state index in [9.17, 15) is 5.11 Å². The van der Waals surface area contributed by atoms with E-state index in [1.807, 2.05) is 6.26 Å². The minimum atomic E-state index is -0.381. The predicted octanol–water partition coefficient (Wildman–Crippen LogP) is 0.437. The second-order valence-corrected chi connectivity index (χ2v) is 5.22. The number of aromatic nitrogens is 2. The minimum absolute atomic E-state index is 0.0420. The average molecular weight is 285 g/mol. The monoisotopic (exact) mass is 285 g/mol. The summed E-state index contributed by atoms with van der Waals surface area (Å²) in [5.74, 6) is 6.59. The molecule has 2 heterocycles. The van der Waals surface area contributed by atoms with Crippen LogP contribution in [0.4, 0.5) is 11.6 Å². The first-order chi connectivity index (χ1) is 9.21. The van der Waals surface area contributed by atoms with Crippen molar-refractivity contribution in [2.75, 3.05) is 36.8 Å². The summed E-state index contributed by atoms with van der Waals surface area (Å²) in [5, 5.41) is 13.6. The zero-order valence-corrected chi connectivity index (χ0v) is 11.7. The fraction of sp³-hybridized carbons (Fsp3) is 0.636. The van der Waals surface area contributed by atoms with Crippen LogP contribution in [0.15, 0.2) is 11.2 Å². The van der Waals surface area contributed by atoms with Crippen molar-refractivity contribution >= 4 is 23.4 Å². The van der Waals surface area contributed by atoms with E-state index in [1.54, 1.807) is 6.07 Å². The lowest BCUT2D eigenvalue weighted by Crippen LogP contribution is -2.47. The lowest BCUT2D eigenvalue weighted by atomic mass is 9.91. The standard InChI is InChI=1S/C11H19N5O2S/c1-19-10-13-8(6-9(14-10)16-12)15-11(7-17)2-4-18-5-3-11/h6,17H,2-5,7,12H2,1H3,(H2,13,14,15,16). The van der Waals surface area contributed by atoms with Crippen LogP contribution in [0.2, 0.25) is 0 Å². The van der Waals surface area contributed by atoms with Gasteiger partial charge in [-0.15, -0.1) is 0 Å². The highest BCUT2D eigenvalue weighted by molar-refractivity contribution is 7.98. The Kier molecular flexibility index (Phi) is 4.81. The normalized spacial score (nSPS) is 18.1. The van der Waals surface area contributed by atoms with Crippen molar-refractivity contribution in [2.24, 2.45) is 5.84 Å².